The maximum atomic E-state index is 5.40. The molecule has 0 saturated carbocycles. The van der Waals surface area contributed by atoms with Gasteiger partial charge >= 0.3 is 0 Å². The van der Waals surface area contributed by atoms with Crippen molar-refractivity contribution in [3.63, 3.8) is 0 Å². The summed E-state index contributed by atoms with van der Waals surface area (Å²) in [5, 5.41) is 4.92. The van der Waals surface area contributed by atoms with Crippen LogP contribution in [0.5, 0.6) is 0 Å². The van der Waals surface area contributed by atoms with Crippen molar-refractivity contribution in [2.45, 2.75) is 5.41 Å². The lowest BCUT2D eigenvalue weighted by Gasteiger charge is -2.40. The molecule has 1 aromatic heterocycles. The van der Waals surface area contributed by atoms with Crippen LogP contribution in [-0.2, 0) is 5.41 Å². The smallest absolute Gasteiger partial charge is 0.160 e. The van der Waals surface area contributed by atoms with Gasteiger partial charge in [-0.25, -0.2) is 9.97 Å². The van der Waals surface area contributed by atoms with Gasteiger partial charge in [0.2, 0.25) is 0 Å². The van der Waals surface area contributed by atoms with E-state index in [-0.39, 0.29) is 0 Å². The van der Waals surface area contributed by atoms with Crippen LogP contribution in [0.25, 0.3) is 77.7 Å². The Morgan fingerprint density at radius 2 is 0.922 bits per heavy atom. The van der Waals surface area contributed by atoms with E-state index in [2.05, 4.69) is 176 Å². The van der Waals surface area contributed by atoms with E-state index in [1.54, 1.807) is 0 Å². The summed E-state index contributed by atoms with van der Waals surface area (Å²) >= 11 is 0. The topological polar surface area (TPSA) is 25.8 Å². The number of nitrogens with zero attached hydrogens (tertiary/aromatic N) is 2. The Kier molecular flexibility index (Phi) is 5.91. The maximum Gasteiger partial charge on any atom is 0.160 e. The highest BCUT2D eigenvalue weighted by Gasteiger charge is 2.51. The fourth-order valence-corrected chi connectivity index (χ4v) is 9.14. The van der Waals surface area contributed by atoms with Crippen LogP contribution >= 0.6 is 0 Å². The van der Waals surface area contributed by atoms with E-state index in [1.165, 1.54) is 66.1 Å². The standard InChI is InChI=1S/C49H30N2/c1-4-16-31(17-5-1)42-30-43(51-48(50-42)32-18-6-2-7-19-32)44-35-23-10-11-24-36(35)45-39-27-14-25-37-34-22-12-13-28-40(34)49(47(37)39,33-20-8-3-9-21-33)41-29-15-26-38(44)46(41)45/h1-30H. The van der Waals surface area contributed by atoms with Gasteiger partial charge in [0.05, 0.1) is 16.8 Å². The SMILES string of the molecule is c1ccc(-c2cc(-c3c4ccccc4c4c5c(cccc35)C3(c5ccccc5)c5ccccc5-c5cccc-4c53)nc(-c3ccccc3)n2)cc1. The molecule has 0 bridgehead atoms. The van der Waals surface area contributed by atoms with Crippen molar-refractivity contribution in [2.75, 3.05) is 0 Å². The zero-order valence-electron chi connectivity index (χ0n) is 27.7. The number of aromatic nitrogens is 2. The molecule has 1 atom stereocenters. The second kappa shape index (κ2) is 10.7. The summed E-state index contributed by atoms with van der Waals surface area (Å²) in [6, 6.07) is 65.9. The van der Waals surface area contributed by atoms with E-state index in [4.69, 9.17) is 9.97 Å². The predicted octanol–water partition coefficient (Wildman–Crippen LogP) is 12.1. The monoisotopic (exact) mass is 646 g/mol. The van der Waals surface area contributed by atoms with Crippen LogP contribution in [0.2, 0.25) is 0 Å². The molecular formula is C49H30N2. The van der Waals surface area contributed by atoms with Crippen LogP contribution in [-0.4, -0.2) is 9.97 Å². The number of benzene rings is 8. The molecule has 2 nitrogen and oxygen atoms in total. The zero-order chi connectivity index (χ0) is 33.5. The van der Waals surface area contributed by atoms with Gasteiger partial charge in [0.15, 0.2) is 5.82 Å². The Morgan fingerprint density at radius 3 is 1.71 bits per heavy atom. The van der Waals surface area contributed by atoms with Crippen LogP contribution in [0.3, 0.4) is 0 Å². The Labute approximate surface area is 296 Å². The Bertz CT molecular complexity index is 2780. The highest BCUT2D eigenvalue weighted by Crippen LogP contribution is 2.64. The molecule has 0 N–H and O–H groups in total. The largest absolute Gasteiger partial charge is 0.228 e. The van der Waals surface area contributed by atoms with Crippen LogP contribution in [0, 0.1) is 0 Å². The molecule has 1 heterocycles. The Balaban J connectivity index is 1.33. The van der Waals surface area contributed by atoms with Gasteiger partial charge in [0.1, 0.15) is 0 Å². The highest BCUT2D eigenvalue weighted by molar-refractivity contribution is 6.24. The molecule has 0 aliphatic heterocycles. The molecule has 1 unspecified atom stereocenters. The van der Waals surface area contributed by atoms with Gasteiger partial charge in [-0.15, -0.1) is 0 Å². The summed E-state index contributed by atoms with van der Waals surface area (Å²) in [4.78, 5) is 10.5. The van der Waals surface area contributed by atoms with Crippen molar-refractivity contribution >= 4 is 21.5 Å². The van der Waals surface area contributed by atoms with Gasteiger partial charge in [-0.1, -0.05) is 176 Å². The molecule has 0 radical (unpaired) electrons. The summed E-state index contributed by atoms with van der Waals surface area (Å²) < 4.78 is 0. The minimum atomic E-state index is -0.466. The first-order chi connectivity index (χ1) is 25.3. The molecule has 0 saturated heterocycles. The van der Waals surface area contributed by atoms with Crippen LogP contribution in [0.1, 0.15) is 22.3 Å². The molecule has 0 amide bonds. The second-order valence-electron chi connectivity index (χ2n) is 13.6. The molecule has 2 aliphatic rings. The fourth-order valence-electron chi connectivity index (χ4n) is 9.14. The van der Waals surface area contributed by atoms with Crippen molar-refractivity contribution < 1.29 is 0 Å². The van der Waals surface area contributed by atoms with E-state index >= 15 is 0 Å². The maximum absolute atomic E-state index is 5.40. The Hall–Kier alpha value is -6.64. The van der Waals surface area contributed by atoms with Gasteiger partial charge < -0.3 is 0 Å². The van der Waals surface area contributed by atoms with E-state index in [0.29, 0.717) is 0 Å². The molecule has 236 valence electrons. The third-order valence-electron chi connectivity index (χ3n) is 11.1. The van der Waals surface area contributed by atoms with Crippen LogP contribution in [0.15, 0.2) is 182 Å². The molecule has 0 spiro atoms. The molecular weight excluding hydrogens is 617 g/mol. The molecule has 51 heavy (non-hydrogen) atoms. The lowest BCUT2D eigenvalue weighted by atomic mass is 9.61. The van der Waals surface area contributed by atoms with E-state index in [9.17, 15) is 0 Å². The third-order valence-corrected chi connectivity index (χ3v) is 11.1. The summed E-state index contributed by atoms with van der Waals surface area (Å²) in [5.41, 5.74) is 15.1. The lowest BCUT2D eigenvalue weighted by molar-refractivity contribution is 0.774. The average molecular weight is 647 g/mol. The molecule has 2 heteroatoms. The van der Waals surface area contributed by atoms with Gasteiger partial charge in [0, 0.05) is 16.7 Å². The quantitative estimate of drug-likeness (QED) is 0.178. The molecule has 8 aromatic carbocycles. The first-order valence-corrected chi connectivity index (χ1v) is 17.6. The third kappa shape index (κ3) is 3.82. The van der Waals surface area contributed by atoms with Crippen molar-refractivity contribution in [3.8, 4) is 56.2 Å². The van der Waals surface area contributed by atoms with Gasteiger partial charge in [0.25, 0.3) is 0 Å². The average Bonchev–Trinajstić information content (AvgIpc) is 3.52. The number of hydrogen-bond donors (Lipinski definition) is 0. The van der Waals surface area contributed by atoms with Gasteiger partial charge in [-0.2, -0.15) is 0 Å². The van der Waals surface area contributed by atoms with Crippen LogP contribution in [0.4, 0.5) is 0 Å². The van der Waals surface area contributed by atoms with E-state index < -0.39 is 5.41 Å². The molecule has 11 rings (SSSR count). The molecule has 9 aromatic rings. The summed E-state index contributed by atoms with van der Waals surface area (Å²) in [5.74, 6) is 0.719. The minimum absolute atomic E-state index is 0.466. The lowest BCUT2D eigenvalue weighted by Crippen LogP contribution is -2.31. The Morgan fingerprint density at radius 1 is 0.373 bits per heavy atom. The normalized spacial score (nSPS) is 15.1. The van der Waals surface area contributed by atoms with Gasteiger partial charge in [-0.05, 0) is 72.1 Å². The second-order valence-corrected chi connectivity index (χ2v) is 13.6. The summed E-state index contributed by atoms with van der Waals surface area (Å²) in [7, 11) is 0. The zero-order valence-corrected chi connectivity index (χ0v) is 27.7. The number of fused-ring (bicyclic) bond motifs is 7. The predicted molar refractivity (Wildman–Crippen MR) is 210 cm³/mol. The van der Waals surface area contributed by atoms with Crippen molar-refractivity contribution in [1.29, 1.82) is 0 Å². The first kappa shape index (κ1) is 28.2. The van der Waals surface area contributed by atoms with E-state index in [0.717, 1.165) is 33.9 Å². The van der Waals surface area contributed by atoms with Crippen LogP contribution < -0.4 is 0 Å². The number of hydrogen-bond acceptors (Lipinski definition) is 2. The van der Waals surface area contributed by atoms with Crippen molar-refractivity contribution in [2.24, 2.45) is 0 Å². The van der Waals surface area contributed by atoms with Crippen molar-refractivity contribution in [3.05, 3.63) is 204 Å². The molecule has 2 aliphatic carbocycles. The first-order valence-electron chi connectivity index (χ1n) is 17.6. The minimum Gasteiger partial charge on any atom is -0.228 e. The van der Waals surface area contributed by atoms with Crippen molar-refractivity contribution in [1.82, 2.24) is 9.97 Å². The summed E-state index contributed by atoms with van der Waals surface area (Å²) in [6.07, 6.45) is 0. The summed E-state index contributed by atoms with van der Waals surface area (Å²) in [6.45, 7) is 0. The fraction of sp³-hybridized carbons (Fsp3) is 0.0204. The number of rotatable bonds is 4. The van der Waals surface area contributed by atoms with E-state index in [1.807, 2.05) is 6.07 Å². The highest BCUT2D eigenvalue weighted by atomic mass is 14.9. The van der Waals surface area contributed by atoms with Gasteiger partial charge in [-0.3, -0.25) is 0 Å². The molecule has 0 fully saturated rings.